The van der Waals surface area contributed by atoms with Gasteiger partial charge < -0.3 is 14.8 Å². The lowest BCUT2D eigenvalue weighted by Crippen LogP contribution is -2.67. The van der Waals surface area contributed by atoms with Crippen LogP contribution in [0.4, 0.5) is 0 Å². The van der Waals surface area contributed by atoms with Gasteiger partial charge in [0.1, 0.15) is 11.9 Å². The molecule has 0 aromatic heterocycles. The molecule has 4 rings (SSSR count). The molecule has 2 saturated carbocycles. The SMILES string of the molecule is CCOC1CC(NCC2Cc3ccccc3O2)C12CCC2. The molecule has 3 heteroatoms. The van der Waals surface area contributed by atoms with Crippen LogP contribution in [-0.4, -0.2) is 31.4 Å². The molecule has 0 amide bonds. The number of para-hydroxylation sites is 1. The lowest BCUT2D eigenvalue weighted by molar-refractivity contribution is -0.173. The van der Waals surface area contributed by atoms with Gasteiger partial charge in [-0.15, -0.1) is 0 Å². The summed E-state index contributed by atoms with van der Waals surface area (Å²) in [7, 11) is 0. The topological polar surface area (TPSA) is 30.5 Å². The average Bonchev–Trinajstić information content (AvgIpc) is 2.82. The summed E-state index contributed by atoms with van der Waals surface area (Å²) in [5, 5.41) is 3.77. The molecular weight excluding hydrogens is 262 g/mol. The molecular formula is C18H25NO2. The zero-order chi connectivity index (χ0) is 14.3. The monoisotopic (exact) mass is 287 g/mol. The number of fused-ring (bicyclic) bond motifs is 1. The van der Waals surface area contributed by atoms with E-state index in [1.165, 1.54) is 31.2 Å². The van der Waals surface area contributed by atoms with Gasteiger partial charge in [0.2, 0.25) is 0 Å². The lowest BCUT2D eigenvalue weighted by Gasteiger charge is -2.61. The maximum absolute atomic E-state index is 6.03. The number of rotatable bonds is 5. The van der Waals surface area contributed by atoms with Crippen molar-refractivity contribution in [1.29, 1.82) is 0 Å². The van der Waals surface area contributed by atoms with Crippen LogP contribution in [0, 0.1) is 5.41 Å². The van der Waals surface area contributed by atoms with E-state index < -0.39 is 0 Å². The van der Waals surface area contributed by atoms with Gasteiger partial charge in [-0.05, 0) is 37.8 Å². The van der Waals surface area contributed by atoms with Gasteiger partial charge in [-0.25, -0.2) is 0 Å². The van der Waals surface area contributed by atoms with Gasteiger partial charge >= 0.3 is 0 Å². The Balaban J connectivity index is 1.31. The molecule has 0 radical (unpaired) electrons. The van der Waals surface area contributed by atoms with Gasteiger partial charge in [-0.1, -0.05) is 24.6 Å². The fourth-order valence-electron chi connectivity index (χ4n) is 4.37. The molecule has 3 nitrogen and oxygen atoms in total. The quantitative estimate of drug-likeness (QED) is 0.903. The molecule has 2 fully saturated rings. The standard InChI is InChI=1S/C18H25NO2/c1-2-20-17-11-16(18(17)8-5-9-18)19-12-14-10-13-6-3-4-7-15(13)21-14/h3-4,6-7,14,16-17,19H,2,5,8-12H2,1H3. The predicted molar refractivity (Wildman–Crippen MR) is 82.7 cm³/mol. The molecule has 21 heavy (non-hydrogen) atoms. The van der Waals surface area contributed by atoms with E-state index in [1.807, 2.05) is 0 Å². The van der Waals surface area contributed by atoms with Crippen LogP contribution in [0.2, 0.25) is 0 Å². The molecule has 1 aromatic carbocycles. The number of hydrogen-bond donors (Lipinski definition) is 1. The van der Waals surface area contributed by atoms with Crippen molar-refractivity contribution in [3.63, 3.8) is 0 Å². The molecule has 3 atom stereocenters. The van der Waals surface area contributed by atoms with Crippen LogP contribution < -0.4 is 10.1 Å². The summed E-state index contributed by atoms with van der Waals surface area (Å²) >= 11 is 0. The van der Waals surface area contributed by atoms with E-state index >= 15 is 0 Å². The minimum Gasteiger partial charge on any atom is -0.488 e. The first kappa shape index (κ1) is 13.6. The summed E-state index contributed by atoms with van der Waals surface area (Å²) in [5.41, 5.74) is 1.80. The van der Waals surface area contributed by atoms with Crippen molar-refractivity contribution in [3.8, 4) is 5.75 Å². The van der Waals surface area contributed by atoms with Gasteiger partial charge in [0, 0.05) is 31.0 Å². The Morgan fingerprint density at radius 1 is 1.33 bits per heavy atom. The first-order valence-electron chi connectivity index (χ1n) is 8.41. The van der Waals surface area contributed by atoms with Gasteiger partial charge in [-0.2, -0.15) is 0 Å². The predicted octanol–water partition coefficient (Wildman–Crippen LogP) is 2.93. The van der Waals surface area contributed by atoms with Crippen molar-refractivity contribution in [3.05, 3.63) is 29.8 Å². The largest absolute Gasteiger partial charge is 0.488 e. The summed E-state index contributed by atoms with van der Waals surface area (Å²) < 4.78 is 11.9. The Morgan fingerprint density at radius 3 is 2.90 bits per heavy atom. The summed E-state index contributed by atoms with van der Waals surface area (Å²) in [6.07, 6.45) is 7.04. The molecule has 0 saturated heterocycles. The Kier molecular flexibility index (Phi) is 3.43. The highest BCUT2D eigenvalue weighted by atomic mass is 16.5. The zero-order valence-electron chi connectivity index (χ0n) is 12.8. The Hall–Kier alpha value is -1.06. The smallest absolute Gasteiger partial charge is 0.123 e. The van der Waals surface area contributed by atoms with E-state index in [2.05, 4.69) is 36.5 Å². The van der Waals surface area contributed by atoms with Crippen LogP contribution in [0.3, 0.4) is 0 Å². The molecule has 114 valence electrons. The van der Waals surface area contributed by atoms with Crippen LogP contribution >= 0.6 is 0 Å². The third-order valence-electron chi connectivity index (χ3n) is 5.74. The molecule has 1 spiro atoms. The molecule has 0 bridgehead atoms. The van der Waals surface area contributed by atoms with Gasteiger partial charge in [-0.3, -0.25) is 0 Å². The Morgan fingerprint density at radius 2 is 2.19 bits per heavy atom. The van der Waals surface area contributed by atoms with Crippen molar-refractivity contribution in [2.45, 2.75) is 57.3 Å². The fourth-order valence-corrected chi connectivity index (χ4v) is 4.37. The molecule has 3 aliphatic rings. The van der Waals surface area contributed by atoms with Crippen molar-refractivity contribution in [2.24, 2.45) is 5.41 Å². The van der Waals surface area contributed by atoms with Crippen LogP contribution in [0.5, 0.6) is 5.75 Å². The number of ether oxygens (including phenoxy) is 2. The van der Waals surface area contributed by atoms with Crippen molar-refractivity contribution in [2.75, 3.05) is 13.2 Å². The summed E-state index contributed by atoms with van der Waals surface area (Å²) in [6, 6.07) is 9.04. The second-order valence-corrected chi connectivity index (χ2v) is 6.78. The summed E-state index contributed by atoms with van der Waals surface area (Å²) in [6.45, 7) is 3.91. The minimum absolute atomic E-state index is 0.297. The van der Waals surface area contributed by atoms with Gasteiger partial charge in [0.05, 0.1) is 6.10 Å². The van der Waals surface area contributed by atoms with E-state index in [9.17, 15) is 0 Å². The van der Waals surface area contributed by atoms with E-state index in [0.29, 0.717) is 23.7 Å². The number of nitrogens with one attached hydrogen (secondary N) is 1. The third kappa shape index (κ3) is 2.18. The second kappa shape index (κ2) is 5.29. The van der Waals surface area contributed by atoms with Gasteiger partial charge in [0.15, 0.2) is 0 Å². The summed E-state index contributed by atoms with van der Waals surface area (Å²) in [5.74, 6) is 1.07. The van der Waals surface area contributed by atoms with Crippen molar-refractivity contribution in [1.82, 2.24) is 5.32 Å². The highest BCUT2D eigenvalue weighted by Gasteiger charge is 2.58. The number of benzene rings is 1. The molecule has 2 aliphatic carbocycles. The second-order valence-electron chi connectivity index (χ2n) is 6.78. The van der Waals surface area contributed by atoms with E-state index in [1.54, 1.807) is 0 Å². The Labute approximate surface area is 127 Å². The number of hydrogen-bond acceptors (Lipinski definition) is 3. The van der Waals surface area contributed by atoms with Crippen molar-refractivity contribution >= 4 is 0 Å². The molecule has 1 aromatic rings. The van der Waals surface area contributed by atoms with Crippen LogP contribution in [0.15, 0.2) is 24.3 Å². The molecule has 1 heterocycles. The maximum Gasteiger partial charge on any atom is 0.123 e. The minimum atomic E-state index is 0.297. The normalized spacial score (nSPS) is 32.1. The molecule has 1 aliphatic heterocycles. The van der Waals surface area contributed by atoms with Crippen LogP contribution in [0.25, 0.3) is 0 Å². The zero-order valence-corrected chi connectivity index (χ0v) is 12.8. The van der Waals surface area contributed by atoms with Gasteiger partial charge in [0.25, 0.3) is 0 Å². The van der Waals surface area contributed by atoms with Crippen molar-refractivity contribution < 1.29 is 9.47 Å². The highest BCUT2D eigenvalue weighted by molar-refractivity contribution is 5.37. The van der Waals surface area contributed by atoms with E-state index in [-0.39, 0.29) is 0 Å². The van der Waals surface area contributed by atoms with E-state index in [4.69, 9.17) is 9.47 Å². The fraction of sp³-hybridized carbons (Fsp3) is 0.667. The molecule has 3 unspecified atom stereocenters. The Bertz CT molecular complexity index is 487. The van der Waals surface area contributed by atoms with E-state index in [0.717, 1.165) is 25.3 Å². The first-order valence-corrected chi connectivity index (χ1v) is 8.41. The lowest BCUT2D eigenvalue weighted by atomic mass is 9.51. The van der Waals surface area contributed by atoms with Crippen LogP contribution in [-0.2, 0) is 11.2 Å². The maximum atomic E-state index is 6.03. The average molecular weight is 287 g/mol. The first-order chi connectivity index (χ1) is 10.3. The third-order valence-corrected chi connectivity index (χ3v) is 5.74. The van der Waals surface area contributed by atoms with Crippen LogP contribution in [0.1, 0.15) is 38.2 Å². The summed E-state index contributed by atoms with van der Waals surface area (Å²) in [4.78, 5) is 0. The molecule has 1 N–H and O–H groups in total. The highest BCUT2D eigenvalue weighted by Crippen LogP contribution is 2.57.